The average molecular weight is 271 g/mol. The van der Waals surface area contributed by atoms with Crippen LogP contribution in [0.2, 0.25) is 0 Å². The number of carbonyl (C=O) groups excluding carboxylic acids is 1. The minimum Gasteiger partial charge on any atom is -0.444 e. The Morgan fingerprint density at radius 1 is 1.20 bits per heavy atom. The Morgan fingerprint density at radius 2 is 1.90 bits per heavy atom. The van der Waals surface area contributed by atoms with Gasteiger partial charge in [-0.3, -0.25) is 5.32 Å². The first-order chi connectivity index (χ1) is 9.46. The number of hydrogen-bond acceptors (Lipinski definition) is 4. The van der Waals surface area contributed by atoms with Gasteiger partial charge in [-0.25, -0.2) is 14.8 Å². The van der Waals surface area contributed by atoms with E-state index in [0.29, 0.717) is 11.4 Å². The molecule has 5 heteroatoms. The molecule has 2 aromatic rings. The number of hydrogen-bond donors (Lipinski definition) is 1. The minimum absolute atomic E-state index is 0.521. The van der Waals surface area contributed by atoms with Crippen molar-refractivity contribution in [3.63, 3.8) is 0 Å². The third kappa shape index (κ3) is 3.78. The zero-order valence-electron chi connectivity index (χ0n) is 11.8. The minimum atomic E-state index is -0.549. The molecule has 1 heterocycles. The van der Waals surface area contributed by atoms with Crippen molar-refractivity contribution in [1.82, 2.24) is 9.97 Å². The number of anilines is 1. The van der Waals surface area contributed by atoms with E-state index in [1.807, 2.05) is 51.1 Å². The molecule has 0 bridgehead atoms. The summed E-state index contributed by atoms with van der Waals surface area (Å²) >= 11 is 0. The summed E-state index contributed by atoms with van der Waals surface area (Å²) in [6.07, 6.45) is 2.48. The molecule has 0 aliphatic heterocycles. The van der Waals surface area contributed by atoms with E-state index in [1.54, 1.807) is 6.20 Å². The first-order valence-electron chi connectivity index (χ1n) is 6.31. The second kappa shape index (κ2) is 5.69. The summed E-state index contributed by atoms with van der Waals surface area (Å²) in [5.41, 5.74) is 1.53. The van der Waals surface area contributed by atoms with E-state index in [0.717, 1.165) is 5.56 Å². The standard InChI is InChI=1S/C15H17N3O2/c1-15(2,3)20-14(19)18-12-9-16-10-17-13(12)11-7-5-4-6-8-11/h4-10H,1-3H3,(H,18,19). The third-order valence-corrected chi connectivity index (χ3v) is 2.40. The number of ether oxygens (including phenoxy) is 1. The van der Waals surface area contributed by atoms with Gasteiger partial charge in [0.05, 0.1) is 17.6 Å². The molecule has 0 atom stereocenters. The Hall–Kier alpha value is -2.43. The smallest absolute Gasteiger partial charge is 0.412 e. The van der Waals surface area contributed by atoms with Crippen molar-refractivity contribution in [1.29, 1.82) is 0 Å². The van der Waals surface area contributed by atoms with Crippen molar-refractivity contribution in [2.45, 2.75) is 26.4 Å². The third-order valence-electron chi connectivity index (χ3n) is 2.40. The fourth-order valence-corrected chi connectivity index (χ4v) is 1.66. The highest BCUT2D eigenvalue weighted by Gasteiger charge is 2.17. The number of carbonyl (C=O) groups is 1. The van der Waals surface area contributed by atoms with Gasteiger partial charge < -0.3 is 4.74 Å². The molecular weight excluding hydrogens is 254 g/mol. The van der Waals surface area contributed by atoms with Crippen LogP contribution in [0, 0.1) is 0 Å². The molecule has 1 aromatic carbocycles. The SMILES string of the molecule is CC(C)(C)OC(=O)Nc1cncnc1-c1ccccc1. The second-order valence-corrected chi connectivity index (χ2v) is 5.28. The molecule has 1 N–H and O–H groups in total. The summed E-state index contributed by atoms with van der Waals surface area (Å²) in [6, 6.07) is 9.58. The first-order valence-corrected chi connectivity index (χ1v) is 6.31. The number of rotatable bonds is 2. The molecule has 0 saturated heterocycles. The average Bonchev–Trinajstić information content (AvgIpc) is 2.38. The van der Waals surface area contributed by atoms with Gasteiger partial charge in [0.25, 0.3) is 0 Å². The summed E-state index contributed by atoms with van der Waals surface area (Å²) < 4.78 is 5.23. The lowest BCUT2D eigenvalue weighted by molar-refractivity contribution is 0.0636. The summed E-state index contributed by atoms with van der Waals surface area (Å²) in [7, 11) is 0. The van der Waals surface area contributed by atoms with Crippen LogP contribution in [0.3, 0.4) is 0 Å². The molecule has 0 saturated carbocycles. The van der Waals surface area contributed by atoms with Crippen molar-refractivity contribution in [3.8, 4) is 11.3 Å². The van der Waals surface area contributed by atoms with Gasteiger partial charge >= 0.3 is 6.09 Å². The molecule has 0 radical (unpaired) electrons. The molecule has 5 nitrogen and oxygen atoms in total. The summed E-state index contributed by atoms with van der Waals surface area (Å²) in [6.45, 7) is 5.44. The maximum Gasteiger partial charge on any atom is 0.412 e. The molecule has 104 valence electrons. The Balaban J connectivity index is 2.23. The predicted molar refractivity (Wildman–Crippen MR) is 77.3 cm³/mol. The molecule has 0 aliphatic rings. The van der Waals surface area contributed by atoms with Crippen LogP contribution in [0.5, 0.6) is 0 Å². The number of benzene rings is 1. The molecule has 1 aromatic heterocycles. The van der Waals surface area contributed by atoms with Gasteiger partial charge in [0, 0.05) is 5.56 Å². The molecule has 0 unspecified atom stereocenters. The van der Waals surface area contributed by atoms with Crippen LogP contribution in [0.4, 0.5) is 10.5 Å². The monoisotopic (exact) mass is 271 g/mol. The Labute approximate surface area is 118 Å². The molecule has 20 heavy (non-hydrogen) atoms. The lowest BCUT2D eigenvalue weighted by Crippen LogP contribution is -2.27. The first kappa shape index (κ1) is 14.0. The summed E-state index contributed by atoms with van der Waals surface area (Å²) in [4.78, 5) is 20.0. The van der Waals surface area contributed by atoms with Crippen molar-refractivity contribution >= 4 is 11.8 Å². The van der Waals surface area contributed by atoms with E-state index in [-0.39, 0.29) is 0 Å². The molecule has 0 spiro atoms. The maximum atomic E-state index is 11.8. The van der Waals surface area contributed by atoms with E-state index in [4.69, 9.17) is 4.74 Å². The summed E-state index contributed by atoms with van der Waals surface area (Å²) in [5.74, 6) is 0. The molecular formula is C15H17N3O2. The zero-order chi connectivity index (χ0) is 14.6. The van der Waals surface area contributed by atoms with Crippen molar-refractivity contribution in [2.24, 2.45) is 0 Å². The van der Waals surface area contributed by atoms with Crippen molar-refractivity contribution in [3.05, 3.63) is 42.9 Å². The molecule has 1 amide bonds. The van der Waals surface area contributed by atoms with Crippen LogP contribution >= 0.6 is 0 Å². The fourth-order valence-electron chi connectivity index (χ4n) is 1.66. The lowest BCUT2D eigenvalue weighted by Gasteiger charge is -2.20. The highest BCUT2D eigenvalue weighted by Crippen LogP contribution is 2.24. The van der Waals surface area contributed by atoms with Crippen molar-refractivity contribution in [2.75, 3.05) is 5.32 Å². The van der Waals surface area contributed by atoms with Crippen LogP contribution in [0.25, 0.3) is 11.3 Å². The van der Waals surface area contributed by atoms with Gasteiger partial charge in [-0.2, -0.15) is 0 Å². The van der Waals surface area contributed by atoms with Crippen LogP contribution < -0.4 is 5.32 Å². The number of amides is 1. The lowest BCUT2D eigenvalue weighted by atomic mass is 10.1. The number of nitrogens with zero attached hydrogens (tertiary/aromatic N) is 2. The summed E-state index contributed by atoms with van der Waals surface area (Å²) in [5, 5.41) is 2.68. The van der Waals surface area contributed by atoms with E-state index >= 15 is 0 Å². The quantitative estimate of drug-likeness (QED) is 0.908. The largest absolute Gasteiger partial charge is 0.444 e. The van der Waals surface area contributed by atoms with Crippen LogP contribution in [0.15, 0.2) is 42.9 Å². The van der Waals surface area contributed by atoms with E-state index in [1.165, 1.54) is 6.33 Å². The molecule has 2 rings (SSSR count). The fraction of sp³-hybridized carbons (Fsp3) is 0.267. The zero-order valence-corrected chi connectivity index (χ0v) is 11.8. The normalized spacial score (nSPS) is 10.9. The maximum absolute atomic E-state index is 11.8. The van der Waals surface area contributed by atoms with E-state index in [9.17, 15) is 4.79 Å². The highest BCUT2D eigenvalue weighted by atomic mass is 16.6. The Kier molecular flexibility index (Phi) is 3.98. The van der Waals surface area contributed by atoms with E-state index < -0.39 is 11.7 Å². The van der Waals surface area contributed by atoms with Gasteiger partial charge in [-0.1, -0.05) is 30.3 Å². The van der Waals surface area contributed by atoms with Gasteiger partial charge in [0.2, 0.25) is 0 Å². The predicted octanol–water partition coefficient (Wildman–Crippen LogP) is 3.49. The molecule has 0 aliphatic carbocycles. The van der Waals surface area contributed by atoms with Gasteiger partial charge in [-0.15, -0.1) is 0 Å². The Morgan fingerprint density at radius 3 is 2.55 bits per heavy atom. The van der Waals surface area contributed by atoms with Gasteiger partial charge in [0.1, 0.15) is 11.9 Å². The van der Waals surface area contributed by atoms with Gasteiger partial charge in [-0.05, 0) is 20.8 Å². The number of nitrogens with one attached hydrogen (secondary N) is 1. The van der Waals surface area contributed by atoms with Crippen molar-refractivity contribution < 1.29 is 9.53 Å². The molecule has 0 fully saturated rings. The van der Waals surface area contributed by atoms with Gasteiger partial charge in [0.15, 0.2) is 0 Å². The topological polar surface area (TPSA) is 64.1 Å². The highest BCUT2D eigenvalue weighted by molar-refractivity contribution is 5.89. The van der Waals surface area contributed by atoms with Crippen LogP contribution in [-0.2, 0) is 4.74 Å². The number of aromatic nitrogens is 2. The van der Waals surface area contributed by atoms with Crippen LogP contribution in [0.1, 0.15) is 20.8 Å². The Bertz CT molecular complexity index is 592. The van der Waals surface area contributed by atoms with E-state index in [2.05, 4.69) is 15.3 Å². The second-order valence-electron chi connectivity index (χ2n) is 5.28. The van der Waals surface area contributed by atoms with Crippen LogP contribution in [-0.4, -0.2) is 21.7 Å².